The van der Waals surface area contributed by atoms with Crippen LogP contribution in [0.3, 0.4) is 0 Å². The first-order chi connectivity index (χ1) is 8.08. The molecule has 1 fully saturated rings. The molecule has 0 aromatic carbocycles. The molecule has 0 radical (unpaired) electrons. The van der Waals surface area contributed by atoms with Crippen LogP contribution in [0.5, 0.6) is 0 Å². The van der Waals surface area contributed by atoms with Gasteiger partial charge in [0.05, 0.1) is 15.8 Å². The molecule has 1 aliphatic heterocycles. The van der Waals surface area contributed by atoms with Gasteiger partial charge in [0.25, 0.3) is 0 Å². The van der Waals surface area contributed by atoms with Gasteiger partial charge in [-0.3, -0.25) is 4.79 Å². The first-order valence-electron chi connectivity index (χ1n) is 5.80. The fraction of sp³-hybridized carbons (Fsp3) is 0.583. The molecule has 0 bridgehead atoms. The van der Waals surface area contributed by atoms with Gasteiger partial charge in [0.15, 0.2) is 0 Å². The number of hydrogen-bond donors (Lipinski definition) is 1. The number of hydrogen-bond acceptors (Lipinski definition) is 3. The van der Waals surface area contributed by atoms with E-state index in [4.69, 9.17) is 0 Å². The Morgan fingerprint density at radius 3 is 3.00 bits per heavy atom. The lowest BCUT2D eigenvalue weighted by molar-refractivity contribution is -0.135. The van der Waals surface area contributed by atoms with E-state index in [1.165, 1.54) is 0 Å². The Balaban J connectivity index is 2.04. The monoisotopic (exact) mass is 317 g/mol. The van der Waals surface area contributed by atoms with Crippen LogP contribution >= 0.6 is 27.3 Å². The van der Waals surface area contributed by atoms with Crippen molar-refractivity contribution in [1.29, 1.82) is 0 Å². The standard InChI is InChI=1S/C12H16BrNO2S/c1-8(10-4-5-11(13)17-10)12(16)14-6-2-3-9(15)7-14/h4-5,8-9,15H,2-3,6-7H2,1H3. The third-order valence-electron chi connectivity index (χ3n) is 3.10. The number of carbonyl (C=O) groups excluding carboxylic acids is 1. The molecular weight excluding hydrogens is 302 g/mol. The van der Waals surface area contributed by atoms with Gasteiger partial charge >= 0.3 is 0 Å². The Labute approximate surface area is 114 Å². The van der Waals surface area contributed by atoms with Gasteiger partial charge in [-0.15, -0.1) is 11.3 Å². The Morgan fingerprint density at radius 2 is 2.41 bits per heavy atom. The molecule has 2 heterocycles. The van der Waals surface area contributed by atoms with Crippen LogP contribution in [0.4, 0.5) is 0 Å². The van der Waals surface area contributed by atoms with Crippen molar-refractivity contribution in [3.05, 3.63) is 20.8 Å². The number of halogens is 1. The van der Waals surface area contributed by atoms with E-state index < -0.39 is 0 Å². The minimum absolute atomic E-state index is 0.114. The number of piperidine rings is 1. The normalized spacial score (nSPS) is 22.5. The van der Waals surface area contributed by atoms with E-state index in [0.717, 1.165) is 28.0 Å². The van der Waals surface area contributed by atoms with Crippen molar-refractivity contribution >= 4 is 33.2 Å². The highest BCUT2D eigenvalue weighted by atomic mass is 79.9. The van der Waals surface area contributed by atoms with Gasteiger partial charge in [-0.2, -0.15) is 0 Å². The van der Waals surface area contributed by atoms with Crippen molar-refractivity contribution in [3.63, 3.8) is 0 Å². The molecular formula is C12H16BrNO2S. The number of amides is 1. The first-order valence-corrected chi connectivity index (χ1v) is 7.41. The lowest BCUT2D eigenvalue weighted by Crippen LogP contribution is -2.43. The first kappa shape index (κ1) is 13.1. The highest BCUT2D eigenvalue weighted by Gasteiger charge is 2.27. The van der Waals surface area contributed by atoms with Gasteiger partial charge in [0.2, 0.25) is 5.91 Å². The topological polar surface area (TPSA) is 40.5 Å². The average molecular weight is 318 g/mol. The number of nitrogens with zero attached hydrogens (tertiary/aromatic N) is 1. The molecule has 1 aromatic heterocycles. The summed E-state index contributed by atoms with van der Waals surface area (Å²) in [5.41, 5.74) is 0. The van der Waals surface area contributed by atoms with Crippen molar-refractivity contribution in [2.45, 2.75) is 31.8 Å². The predicted octanol–water partition coefficient (Wildman–Crippen LogP) is 2.60. The minimum Gasteiger partial charge on any atom is -0.391 e. The maximum Gasteiger partial charge on any atom is 0.230 e. The zero-order valence-electron chi connectivity index (χ0n) is 9.73. The molecule has 2 unspecified atom stereocenters. The Kier molecular flexibility index (Phi) is 4.22. The largest absolute Gasteiger partial charge is 0.391 e. The van der Waals surface area contributed by atoms with Crippen LogP contribution in [0, 0.1) is 0 Å². The lowest BCUT2D eigenvalue weighted by atomic mass is 10.0. The summed E-state index contributed by atoms with van der Waals surface area (Å²) in [7, 11) is 0. The highest BCUT2D eigenvalue weighted by Crippen LogP contribution is 2.30. The summed E-state index contributed by atoms with van der Waals surface area (Å²) in [5.74, 6) is 0.00898. The minimum atomic E-state index is -0.352. The average Bonchev–Trinajstić information content (AvgIpc) is 2.74. The summed E-state index contributed by atoms with van der Waals surface area (Å²) >= 11 is 5.00. The van der Waals surface area contributed by atoms with Crippen molar-refractivity contribution in [2.24, 2.45) is 0 Å². The van der Waals surface area contributed by atoms with Gasteiger partial charge in [-0.1, -0.05) is 0 Å². The Bertz CT molecular complexity index is 407. The van der Waals surface area contributed by atoms with E-state index in [9.17, 15) is 9.90 Å². The molecule has 17 heavy (non-hydrogen) atoms. The molecule has 0 saturated carbocycles. The second-order valence-electron chi connectivity index (χ2n) is 4.44. The van der Waals surface area contributed by atoms with E-state index in [0.29, 0.717) is 6.54 Å². The Morgan fingerprint density at radius 1 is 1.65 bits per heavy atom. The third-order valence-corrected chi connectivity index (χ3v) is 4.91. The molecule has 0 aliphatic carbocycles. The number of thiophene rings is 1. The number of aliphatic hydroxyl groups excluding tert-OH is 1. The summed E-state index contributed by atoms with van der Waals surface area (Å²) in [6.45, 7) is 3.18. The van der Waals surface area contributed by atoms with Gasteiger partial charge in [-0.25, -0.2) is 0 Å². The van der Waals surface area contributed by atoms with Gasteiger partial charge in [-0.05, 0) is 47.8 Å². The molecule has 3 nitrogen and oxygen atoms in total. The summed E-state index contributed by atoms with van der Waals surface area (Å²) < 4.78 is 1.05. The van der Waals surface area contributed by atoms with Gasteiger partial charge in [0, 0.05) is 18.0 Å². The highest BCUT2D eigenvalue weighted by molar-refractivity contribution is 9.11. The number of aliphatic hydroxyl groups is 1. The number of carbonyl (C=O) groups is 1. The molecule has 1 N–H and O–H groups in total. The summed E-state index contributed by atoms with van der Waals surface area (Å²) in [6, 6.07) is 3.95. The molecule has 1 amide bonds. The van der Waals surface area contributed by atoms with Crippen LogP contribution in [0.2, 0.25) is 0 Å². The molecule has 94 valence electrons. The van der Waals surface area contributed by atoms with Gasteiger partial charge in [0.1, 0.15) is 0 Å². The smallest absolute Gasteiger partial charge is 0.230 e. The second kappa shape index (κ2) is 5.50. The number of rotatable bonds is 2. The number of β-amino-alcohol motifs (C(OH)–C–C–N with tert-alkyl or cyclic N) is 1. The molecule has 2 rings (SSSR count). The zero-order chi connectivity index (χ0) is 12.4. The van der Waals surface area contributed by atoms with E-state index >= 15 is 0 Å². The maximum atomic E-state index is 12.3. The fourth-order valence-electron chi connectivity index (χ4n) is 2.11. The van der Waals surface area contributed by atoms with Crippen LogP contribution in [0.1, 0.15) is 30.6 Å². The van der Waals surface area contributed by atoms with Crippen molar-refractivity contribution in [2.75, 3.05) is 13.1 Å². The van der Waals surface area contributed by atoms with Crippen LogP contribution in [0.25, 0.3) is 0 Å². The molecule has 5 heteroatoms. The maximum absolute atomic E-state index is 12.3. The van der Waals surface area contributed by atoms with E-state index in [-0.39, 0.29) is 17.9 Å². The van der Waals surface area contributed by atoms with Crippen LogP contribution in [-0.2, 0) is 4.79 Å². The van der Waals surface area contributed by atoms with Crippen LogP contribution < -0.4 is 0 Å². The molecule has 1 aromatic rings. The lowest BCUT2D eigenvalue weighted by Gasteiger charge is -2.31. The molecule has 0 spiro atoms. The predicted molar refractivity (Wildman–Crippen MR) is 72.3 cm³/mol. The van der Waals surface area contributed by atoms with E-state index in [2.05, 4.69) is 15.9 Å². The van der Waals surface area contributed by atoms with Crippen molar-refractivity contribution < 1.29 is 9.90 Å². The summed E-state index contributed by atoms with van der Waals surface area (Å²) in [5, 5.41) is 9.59. The van der Waals surface area contributed by atoms with E-state index in [1.807, 2.05) is 19.1 Å². The molecule has 1 aliphatic rings. The molecule has 1 saturated heterocycles. The quantitative estimate of drug-likeness (QED) is 0.910. The third kappa shape index (κ3) is 3.09. The molecule has 2 atom stereocenters. The van der Waals surface area contributed by atoms with Crippen LogP contribution in [0.15, 0.2) is 15.9 Å². The van der Waals surface area contributed by atoms with E-state index in [1.54, 1.807) is 16.2 Å². The Hall–Kier alpha value is -0.390. The van der Waals surface area contributed by atoms with Gasteiger partial charge < -0.3 is 10.0 Å². The zero-order valence-corrected chi connectivity index (χ0v) is 12.1. The van der Waals surface area contributed by atoms with Crippen molar-refractivity contribution in [1.82, 2.24) is 4.90 Å². The second-order valence-corrected chi connectivity index (χ2v) is 6.94. The van der Waals surface area contributed by atoms with Crippen molar-refractivity contribution in [3.8, 4) is 0 Å². The summed E-state index contributed by atoms with van der Waals surface area (Å²) in [4.78, 5) is 15.1. The fourth-order valence-corrected chi connectivity index (χ4v) is 3.58. The van der Waals surface area contributed by atoms with Crippen LogP contribution in [-0.4, -0.2) is 35.1 Å². The number of likely N-dealkylation sites (tertiary alicyclic amines) is 1. The SMILES string of the molecule is CC(C(=O)N1CCCC(O)C1)c1ccc(Br)s1. The summed E-state index contributed by atoms with van der Waals surface area (Å²) in [6.07, 6.45) is 1.35.